The highest BCUT2D eigenvalue weighted by Crippen LogP contribution is 2.28. The number of hydrogen-bond acceptors (Lipinski definition) is 5. The van der Waals surface area contributed by atoms with Gasteiger partial charge in [0.25, 0.3) is 0 Å². The van der Waals surface area contributed by atoms with Crippen LogP contribution >= 0.6 is 0 Å². The third kappa shape index (κ3) is 7.23. The molecule has 0 heterocycles. The van der Waals surface area contributed by atoms with Crippen molar-refractivity contribution in [1.82, 2.24) is 10.6 Å². The standard InChI is InChI=1S/C28H30FN3O3S/c1-19(2)18-26(28(33)31-17-16-30)32-27(23-8-12-24(29)13-9-23)22-6-4-20(5-7-22)21-10-14-25(15-11-21)36(3,34)35/h4-15,19,26-27,32H,17-18H2,1-3H3,(H,31,33)/t26-,27-/m0/s1. The van der Waals surface area contributed by atoms with Crippen molar-refractivity contribution in [3.8, 4) is 17.2 Å². The summed E-state index contributed by atoms with van der Waals surface area (Å²) in [7, 11) is -3.27. The van der Waals surface area contributed by atoms with Gasteiger partial charge in [0.2, 0.25) is 5.91 Å². The second kappa shape index (κ2) is 11.9. The SMILES string of the molecule is CC(C)C[C@H](N[C@H](c1ccc(F)cc1)c1ccc(-c2ccc(S(C)(=O)=O)cc2)cc1)C(=O)NCC#N. The molecule has 0 unspecified atom stereocenters. The van der Waals surface area contributed by atoms with Crippen molar-refractivity contribution in [3.63, 3.8) is 0 Å². The number of benzene rings is 3. The van der Waals surface area contributed by atoms with Crippen LogP contribution < -0.4 is 10.6 Å². The molecular weight excluding hydrogens is 477 g/mol. The monoisotopic (exact) mass is 507 g/mol. The molecule has 3 aromatic rings. The molecule has 36 heavy (non-hydrogen) atoms. The molecule has 6 nitrogen and oxygen atoms in total. The van der Waals surface area contributed by atoms with E-state index in [0.29, 0.717) is 6.42 Å². The molecule has 0 aliphatic rings. The number of hydrogen-bond donors (Lipinski definition) is 2. The molecule has 3 aromatic carbocycles. The third-order valence-electron chi connectivity index (χ3n) is 5.80. The minimum absolute atomic E-state index is 0.0802. The molecule has 2 atom stereocenters. The van der Waals surface area contributed by atoms with Gasteiger partial charge in [0.05, 0.1) is 23.0 Å². The lowest BCUT2D eigenvalue weighted by molar-refractivity contribution is -0.123. The molecule has 0 aliphatic heterocycles. The second-order valence-electron chi connectivity index (χ2n) is 9.13. The number of halogens is 1. The maximum absolute atomic E-state index is 13.6. The maximum atomic E-state index is 13.6. The van der Waals surface area contributed by atoms with Crippen LogP contribution in [0.2, 0.25) is 0 Å². The van der Waals surface area contributed by atoms with E-state index in [1.807, 2.05) is 44.2 Å². The van der Waals surface area contributed by atoms with Crippen molar-refractivity contribution < 1.29 is 17.6 Å². The van der Waals surface area contributed by atoms with Crippen LogP contribution in [0.4, 0.5) is 4.39 Å². The Morgan fingerprint density at radius 1 is 0.917 bits per heavy atom. The smallest absolute Gasteiger partial charge is 0.237 e. The van der Waals surface area contributed by atoms with Gasteiger partial charge in [-0.1, -0.05) is 62.4 Å². The molecule has 188 valence electrons. The molecular formula is C28H30FN3O3S. The van der Waals surface area contributed by atoms with Crippen molar-refractivity contribution in [2.45, 2.75) is 37.2 Å². The van der Waals surface area contributed by atoms with Gasteiger partial charge < -0.3 is 5.32 Å². The van der Waals surface area contributed by atoms with E-state index in [-0.39, 0.29) is 29.1 Å². The molecule has 0 saturated carbocycles. The van der Waals surface area contributed by atoms with E-state index in [1.165, 1.54) is 18.4 Å². The summed E-state index contributed by atoms with van der Waals surface area (Å²) >= 11 is 0. The molecule has 0 bridgehead atoms. The van der Waals surface area contributed by atoms with Crippen molar-refractivity contribution in [1.29, 1.82) is 5.26 Å². The quantitative estimate of drug-likeness (QED) is 0.390. The fourth-order valence-corrected chi connectivity index (χ4v) is 4.61. The largest absolute Gasteiger partial charge is 0.342 e. The summed E-state index contributed by atoms with van der Waals surface area (Å²) in [5, 5.41) is 14.9. The first kappa shape index (κ1) is 27.1. The van der Waals surface area contributed by atoms with Crippen LogP contribution in [0.15, 0.2) is 77.7 Å². The van der Waals surface area contributed by atoms with Crippen LogP contribution in [-0.2, 0) is 14.6 Å². The van der Waals surface area contributed by atoms with Crippen LogP contribution in [-0.4, -0.2) is 33.2 Å². The predicted molar refractivity (Wildman–Crippen MR) is 138 cm³/mol. The Labute approximate surface area is 212 Å². The lowest BCUT2D eigenvalue weighted by Crippen LogP contribution is -2.46. The van der Waals surface area contributed by atoms with E-state index in [4.69, 9.17) is 5.26 Å². The summed E-state index contributed by atoms with van der Waals surface area (Å²) in [6.07, 6.45) is 1.73. The topological polar surface area (TPSA) is 99.1 Å². The Morgan fingerprint density at radius 3 is 1.89 bits per heavy atom. The van der Waals surface area contributed by atoms with E-state index >= 15 is 0 Å². The van der Waals surface area contributed by atoms with Gasteiger partial charge in [0.15, 0.2) is 9.84 Å². The van der Waals surface area contributed by atoms with Crippen LogP contribution in [0.3, 0.4) is 0 Å². The molecule has 3 rings (SSSR count). The van der Waals surface area contributed by atoms with Crippen molar-refractivity contribution >= 4 is 15.7 Å². The molecule has 1 amide bonds. The normalized spacial score (nSPS) is 13.1. The van der Waals surface area contributed by atoms with Gasteiger partial charge in [0, 0.05) is 6.26 Å². The summed E-state index contributed by atoms with van der Waals surface area (Å²) in [5.41, 5.74) is 3.44. The fraction of sp³-hybridized carbons (Fsp3) is 0.286. The summed E-state index contributed by atoms with van der Waals surface area (Å²) in [6.45, 7) is 3.95. The Kier molecular flexibility index (Phi) is 8.97. The zero-order valence-corrected chi connectivity index (χ0v) is 21.3. The molecule has 0 aromatic heterocycles. The first-order valence-corrected chi connectivity index (χ1v) is 13.5. The highest BCUT2D eigenvalue weighted by molar-refractivity contribution is 7.90. The Hall–Kier alpha value is -3.54. The van der Waals surface area contributed by atoms with E-state index in [2.05, 4.69) is 10.6 Å². The average Bonchev–Trinajstić information content (AvgIpc) is 2.85. The van der Waals surface area contributed by atoms with E-state index in [9.17, 15) is 17.6 Å². The zero-order valence-electron chi connectivity index (χ0n) is 20.5. The predicted octanol–water partition coefficient (Wildman–Crippen LogP) is 4.63. The first-order valence-electron chi connectivity index (χ1n) is 11.6. The number of nitriles is 1. The van der Waals surface area contributed by atoms with Gasteiger partial charge in [-0.25, -0.2) is 12.8 Å². The Morgan fingerprint density at radius 2 is 1.42 bits per heavy atom. The van der Waals surface area contributed by atoms with E-state index in [0.717, 1.165) is 22.3 Å². The Balaban J connectivity index is 1.94. The van der Waals surface area contributed by atoms with Gasteiger partial charge in [-0.15, -0.1) is 0 Å². The van der Waals surface area contributed by atoms with Crippen molar-refractivity contribution in [2.24, 2.45) is 5.92 Å². The molecule has 8 heteroatoms. The van der Waals surface area contributed by atoms with Gasteiger partial charge in [-0.2, -0.15) is 5.26 Å². The van der Waals surface area contributed by atoms with Crippen LogP contribution in [0.1, 0.15) is 37.4 Å². The maximum Gasteiger partial charge on any atom is 0.237 e. The summed E-state index contributed by atoms with van der Waals surface area (Å²) in [4.78, 5) is 13.1. The lowest BCUT2D eigenvalue weighted by atomic mass is 9.94. The summed E-state index contributed by atoms with van der Waals surface area (Å²) in [6, 6.07) is 21.5. The molecule has 0 spiro atoms. The van der Waals surface area contributed by atoms with Gasteiger partial charge in [-0.05, 0) is 58.9 Å². The van der Waals surface area contributed by atoms with Crippen molar-refractivity contribution in [2.75, 3.05) is 12.8 Å². The summed E-state index contributed by atoms with van der Waals surface area (Å²) in [5.74, 6) is -0.391. The minimum atomic E-state index is -3.27. The van der Waals surface area contributed by atoms with Crippen LogP contribution in [0.25, 0.3) is 11.1 Å². The fourth-order valence-electron chi connectivity index (χ4n) is 3.98. The van der Waals surface area contributed by atoms with E-state index in [1.54, 1.807) is 36.4 Å². The number of nitrogens with zero attached hydrogens (tertiary/aromatic N) is 1. The second-order valence-corrected chi connectivity index (χ2v) is 11.1. The number of sulfone groups is 1. The van der Waals surface area contributed by atoms with Crippen LogP contribution in [0, 0.1) is 23.1 Å². The molecule has 0 fully saturated rings. The number of amides is 1. The highest BCUT2D eigenvalue weighted by Gasteiger charge is 2.25. The van der Waals surface area contributed by atoms with Gasteiger partial charge >= 0.3 is 0 Å². The molecule has 0 saturated heterocycles. The minimum Gasteiger partial charge on any atom is -0.342 e. The number of nitrogens with one attached hydrogen (secondary N) is 2. The van der Waals surface area contributed by atoms with Crippen LogP contribution in [0.5, 0.6) is 0 Å². The zero-order chi connectivity index (χ0) is 26.3. The third-order valence-corrected chi connectivity index (χ3v) is 6.92. The van der Waals surface area contributed by atoms with E-state index < -0.39 is 21.9 Å². The van der Waals surface area contributed by atoms with Gasteiger partial charge in [0.1, 0.15) is 12.4 Å². The molecule has 0 aliphatic carbocycles. The highest BCUT2D eigenvalue weighted by atomic mass is 32.2. The lowest BCUT2D eigenvalue weighted by Gasteiger charge is -2.27. The van der Waals surface area contributed by atoms with Crippen molar-refractivity contribution in [3.05, 3.63) is 89.7 Å². The Bertz CT molecular complexity index is 1310. The van der Waals surface area contributed by atoms with Gasteiger partial charge in [-0.3, -0.25) is 10.1 Å². The number of carbonyl (C=O) groups is 1. The average molecular weight is 508 g/mol. The number of rotatable bonds is 10. The first-order chi connectivity index (χ1) is 17.1. The molecule has 2 N–H and O–H groups in total. The number of carbonyl (C=O) groups excluding carboxylic acids is 1. The molecule has 0 radical (unpaired) electrons. The summed E-state index contributed by atoms with van der Waals surface area (Å²) < 4.78 is 37.1.